The van der Waals surface area contributed by atoms with Crippen LogP contribution in [-0.4, -0.2) is 56.3 Å². The van der Waals surface area contributed by atoms with Crippen molar-refractivity contribution in [3.8, 4) is 0 Å². The minimum Gasteiger partial charge on any atom is -0.353 e. The molecular formula is C22H22ClN7O. The van der Waals surface area contributed by atoms with Gasteiger partial charge in [-0.25, -0.2) is 15.0 Å². The smallest absolute Gasteiger partial charge is 0.219 e. The molecule has 1 N–H and O–H groups in total. The van der Waals surface area contributed by atoms with E-state index in [1.54, 1.807) is 19.4 Å². The fourth-order valence-corrected chi connectivity index (χ4v) is 4.21. The Hall–Kier alpha value is -3.39. The largest absolute Gasteiger partial charge is 0.353 e. The Morgan fingerprint density at radius 1 is 1.10 bits per heavy atom. The Balaban J connectivity index is 1.53. The second kappa shape index (κ2) is 7.70. The fourth-order valence-electron chi connectivity index (χ4n) is 3.94. The van der Waals surface area contributed by atoms with Crippen LogP contribution in [0.15, 0.2) is 42.9 Å². The number of aryl methyl sites for hydroxylation is 1. The quantitative estimate of drug-likeness (QED) is 0.529. The van der Waals surface area contributed by atoms with Gasteiger partial charge in [0.25, 0.3) is 0 Å². The van der Waals surface area contributed by atoms with E-state index in [0.717, 1.165) is 46.8 Å². The van der Waals surface area contributed by atoms with E-state index in [9.17, 15) is 4.79 Å². The van der Waals surface area contributed by atoms with Crippen LogP contribution in [0.4, 0.5) is 17.3 Å². The molecule has 0 bridgehead atoms. The molecule has 0 saturated carbocycles. The zero-order chi connectivity index (χ0) is 21.5. The average molecular weight is 436 g/mol. The van der Waals surface area contributed by atoms with Gasteiger partial charge in [-0.1, -0.05) is 23.7 Å². The van der Waals surface area contributed by atoms with E-state index in [1.165, 1.54) is 0 Å². The van der Waals surface area contributed by atoms with Crippen molar-refractivity contribution in [3.63, 3.8) is 0 Å². The van der Waals surface area contributed by atoms with Gasteiger partial charge in [-0.2, -0.15) is 0 Å². The maximum Gasteiger partial charge on any atom is 0.219 e. The minimum atomic E-state index is 0.115. The van der Waals surface area contributed by atoms with Crippen LogP contribution >= 0.6 is 11.6 Å². The SMILES string of the molecule is CC(=O)N1CCN(c2ccc3nc(Nc4c(C)cccc4Cl)c4cncn4c3n2)CC1. The molecule has 4 heterocycles. The lowest BCUT2D eigenvalue weighted by Gasteiger charge is -2.34. The van der Waals surface area contributed by atoms with Gasteiger partial charge in [0.1, 0.15) is 23.2 Å². The van der Waals surface area contributed by atoms with Crippen molar-refractivity contribution in [3.05, 3.63) is 53.4 Å². The van der Waals surface area contributed by atoms with E-state index in [1.807, 2.05) is 46.6 Å². The molecule has 0 aliphatic carbocycles. The molecule has 0 radical (unpaired) electrons. The van der Waals surface area contributed by atoms with Crippen LogP contribution in [0.3, 0.4) is 0 Å². The number of rotatable bonds is 3. The molecule has 0 atom stereocenters. The fraction of sp³-hybridized carbons (Fsp3) is 0.273. The Labute approximate surface area is 184 Å². The van der Waals surface area contributed by atoms with Crippen LogP contribution in [0.1, 0.15) is 12.5 Å². The molecule has 3 aromatic heterocycles. The first-order valence-corrected chi connectivity index (χ1v) is 10.5. The number of imidazole rings is 1. The molecule has 1 aromatic carbocycles. The van der Waals surface area contributed by atoms with Crippen molar-refractivity contribution in [2.24, 2.45) is 0 Å². The van der Waals surface area contributed by atoms with E-state index >= 15 is 0 Å². The third kappa shape index (κ3) is 3.53. The summed E-state index contributed by atoms with van der Waals surface area (Å²) in [4.78, 5) is 29.7. The first-order valence-electron chi connectivity index (χ1n) is 10.2. The molecule has 4 aromatic rings. The highest BCUT2D eigenvalue weighted by molar-refractivity contribution is 6.33. The highest BCUT2D eigenvalue weighted by Crippen LogP contribution is 2.31. The minimum absolute atomic E-state index is 0.115. The van der Waals surface area contributed by atoms with Gasteiger partial charge in [-0.15, -0.1) is 0 Å². The zero-order valence-corrected chi connectivity index (χ0v) is 18.1. The van der Waals surface area contributed by atoms with E-state index < -0.39 is 0 Å². The molecule has 31 heavy (non-hydrogen) atoms. The number of para-hydroxylation sites is 1. The van der Waals surface area contributed by atoms with Crippen molar-refractivity contribution in [2.45, 2.75) is 13.8 Å². The van der Waals surface area contributed by atoms with Gasteiger partial charge in [0.2, 0.25) is 5.91 Å². The lowest BCUT2D eigenvalue weighted by atomic mass is 10.2. The molecule has 1 amide bonds. The first-order chi connectivity index (χ1) is 15.0. The van der Waals surface area contributed by atoms with Gasteiger partial charge in [0.05, 0.1) is 16.9 Å². The number of nitrogens with one attached hydrogen (secondary N) is 1. The molecule has 5 rings (SSSR count). The van der Waals surface area contributed by atoms with Gasteiger partial charge in [-0.3, -0.25) is 9.20 Å². The summed E-state index contributed by atoms with van der Waals surface area (Å²) >= 11 is 6.40. The third-order valence-corrected chi connectivity index (χ3v) is 6.01. The molecule has 1 aliphatic rings. The summed E-state index contributed by atoms with van der Waals surface area (Å²) in [6.45, 7) is 6.53. The van der Waals surface area contributed by atoms with E-state index in [2.05, 4.69) is 15.2 Å². The topological polar surface area (TPSA) is 78.7 Å². The van der Waals surface area contributed by atoms with E-state index in [0.29, 0.717) is 23.9 Å². The predicted molar refractivity (Wildman–Crippen MR) is 122 cm³/mol. The second-order valence-corrected chi connectivity index (χ2v) is 8.08. The van der Waals surface area contributed by atoms with Crippen LogP contribution in [0.25, 0.3) is 16.7 Å². The van der Waals surface area contributed by atoms with Crippen molar-refractivity contribution < 1.29 is 4.79 Å². The summed E-state index contributed by atoms with van der Waals surface area (Å²) in [5.74, 6) is 1.66. The first kappa shape index (κ1) is 19.6. The number of hydrogen-bond acceptors (Lipinski definition) is 6. The molecule has 0 spiro atoms. The number of hydrogen-bond donors (Lipinski definition) is 1. The van der Waals surface area contributed by atoms with Crippen LogP contribution < -0.4 is 10.2 Å². The van der Waals surface area contributed by atoms with Gasteiger partial charge < -0.3 is 15.1 Å². The summed E-state index contributed by atoms with van der Waals surface area (Å²) in [6.07, 6.45) is 3.51. The average Bonchev–Trinajstić information content (AvgIpc) is 3.27. The van der Waals surface area contributed by atoms with E-state index in [-0.39, 0.29) is 5.91 Å². The Kier molecular flexibility index (Phi) is 4.86. The number of aromatic nitrogens is 4. The Morgan fingerprint density at radius 2 is 1.90 bits per heavy atom. The summed E-state index contributed by atoms with van der Waals surface area (Å²) in [6, 6.07) is 9.73. The summed E-state index contributed by atoms with van der Waals surface area (Å²) < 4.78 is 1.94. The standard InChI is InChI=1S/C22H22ClN7O/c1-14-4-3-5-16(23)20(14)27-21-18-12-24-13-30(18)22-17(25-21)6-7-19(26-22)29-10-8-28(9-11-29)15(2)31/h3-7,12-13H,8-11H2,1-2H3,(H,25,27). The second-order valence-electron chi connectivity index (χ2n) is 7.67. The Bertz CT molecular complexity index is 1270. The maximum absolute atomic E-state index is 11.6. The predicted octanol–water partition coefficient (Wildman–Crippen LogP) is 3.65. The lowest BCUT2D eigenvalue weighted by molar-refractivity contribution is -0.129. The van der Waals surface area contributed by atoms with Crippen LogP contribution in [0, 0.1) is 6.92 Å². The normalized spacial score (nSPS) is 14.4. The number of carbonyl (C=O) groups excluding carboxylic acids is 1. The summed E-state index contributed by atoms with van der Waals surface area (Å²) in [7, 11) is 0. The van der Waals surface area contributed by atoms with Gasteiger partial charge >= 0.3 is 0 Å². The third-order valence-electron chi connectivity index (χ3n) is 5.70. The molecule has 1 saturated heterocycles. The molecule has 9 heteroatoms. The molecule has 0 unspecified atom stereocenters. The highest BCUT2D eigenvalue weighted by atomic mass is 35.5. The van der Waals surface area contributed by atoms with E-state index in [4.69, 9.17) is 21.6 Å². The number of anilines is 3. The number of halogens is 1. The number of benzene rings is 1. The van der Waals surface area contributed by atoms with Crippen LogP contribution in [-0.2, 0) is 4.79 Å². The van der Waals surface area contributed by atoms with Crippen molar-refractivity contribution in [2.75, 3.05) is 36.4 Å². The lowest BCUT2D eigenvalue weighted by Crippen LogP contribution is -2.48. The molecule has 158 valence electrons. The monoisotopic (exact) mass is 435 g/mol. The van der Waals surface area contributed by atoms with Crippen LogP contribution in [0.5, 0.6) is 0 Å². The Morgan fingerprint density at radius 3 is 2.65 bits per heavy atom. The number of carbonyl (C=O) groups is 1. The van der Waals surface area contributed by atoms with Gasteiger partial charge in [-0.05, 0) is 30.7 Å². The highest BCUT2D eigenvalue weighted by Gasteiger charge is 2.20. The zero-order valence-electron chi connectivity index (χ0n) is 17.3. The molecule has 8 nitrogen and oxygen atoms in total. The van der Waals surface area contributed by atoms with Crippen molar-refractivity contribution >= 4 is 51.5 Å². The maximum atomic E-state index is 11.6. The van der Waals surface area contributed by atoms with Gasteiger partial charge in [0.15, 0.2) is 11.5 Å². The number of nitrogens with zero attached hydrogens (tertiary/aromatic N) is 6. The molecule has 1 fully saturated rings. The summed E-state index contributed by atoms with van der Waals surface area (Å²) in [5, 5.41) is 4.01. The van der Waals surface area contributed by atoms with Crippen LogP contribution in [0.2, 0.25) is 5.02 Å². The molecular weight excluding hydrogens is 414 g/mol. The van der Waals surface area contributed by atoms with Crippen molar-refractivity contribution in [1.29, 1.82) is 0 Å². The van der Waals surface area contributed by atoms with Crippen molar-refractivity contribution in [1.82, 2.24) is 24.3 Å². The number of pyridine rings is 1. The number of piperazine rings is 1. The molecule has 1 aliphatic heterocycles. The number of fused-ring (bicyclic) bond motifs is 3. The summed E-state index contributed by atoms with van der Waals surface area (Å²) in [5.41, 5.74) is 4.17. The van der Waals surface area contributed by atoms with Gasteiger partial charge in [0, 0.05) is 33.1 Å². The number of amides is 1.